The van der Waals surface area contributed by atoms with Gasteiger partial charge in [-0.1, -0.05) is 42.0 Å². The van der Waals surface area contributed by atoms with Crippen LogP contribution >= 0.6 is 0 Å². The van der Waals surface area contributed by atoms with Crippen LogP contribution in [0.25, 0.3) is 5.57 Å². The van der Waals surface area contributed by atoms with E-state index in [4.69, 9.17) is 5.73 Å². The fourth-order valence-electron chi connectivity index (χ4n) is 2.74. The van der Waals surface area contributed by atoms with Gasteiger partial charge in [0.05, 0.1) is 0 Å². The van der Waals surface area contributed by atoms with Crippen molar-refractivity contribution in [1.29, 1.82) is 0 Å². The van der Waals surface area contributed by atoms with Gasteiger partial charge in [0.2, 0.25) is 0 Å². The van der Waals surface area contributed by atoms with Gasteiger partial charge in [0.15, 0.2) is 0 Å². The van der Waals surface area contributed by atoms with Crippen LogP contribution in [0.4, 0.5) is 0 Å². The highest BCUT2D eigenvalue weighted by Gasteiger charge is 2.22. The van der Waals surface area contributed by atoms with E-state index in [0.717, 1.165) is 19.3 Å². The summed E-state index contributed by atoms with van der Waals surface area (Å²) in [5, 5.41) is 0. The minimum Gasteiger partial charge on any atom is -0.327 e. The van der Waals surface area contributed by atoms with Crippen molar-refractivity contribution in [2.75, 3.05) is 0 Å². The minimum atomic E-state index is 0.380. The molecule has 0 aromatic heterocycles. The Morgan fingerprint density at radius 2 is 1.94 bits per heavy atom. The predicted octanol–water partition coefficient (Wildman–Crippen LogP) is 3.28. The zero-order valence-electron chi connectivity index (χ0n) is 9.45. The molecule has 0 bridgehead atoms. The van der Waals surface area contributed by atoms with Crippen molar-refractivity contribution in [2.45, 2.75) is 31.7 Å². The number of hydrogen-bond acceptors (Lipinski definition) is 1. The standard InChI is InChI=1S/C15H17N/c16-15-7-6-12-8-13(9-14(12)10-15)11-4-2-1-3-5-11/h1-5,9,15H,6-8,10,16H2. The second kappa shape index (κ2) is 3.91. The number of hydrogen-bond donors (Lipinski definition) is 1. The minimum absolute atomic E-state index is 0.380. The van der Waals surface area contributed by atoms with Crippen LogP contribution in [0.1, 0.15) is 31.2 Å². The topological polar surface area (TPSA) is 26.0 Å². The molecule has 16 heavy (non-hydrogen) atoms. The zero-order chi connectivity index (χ0) is 11.0. The van der Waals surface area contributed by atoms with Crippen molar-refractivity contribution >= 4 is 5.57 Å². The summed E-state index contributed by atoms with van der Waals surface area (Å²) in [6.07, 6.45) is 6.94. The Bertz CT molecular complexity index is 454. The van der Waals surface area contributed by atoms with Crippen LogP contribution < -0.4 is 5.73 Å². The maximum absolute atomic E-state index is 6.01. The smallest absolute Gasteiger partial charge is 0.00823 e. The van der Waals surface area contributed by atoms with Gasteiger partial charge >= 0.3 is 0 Å². The van der Waals surface area contributed by atoms with Gasteiger partial charge in [-0.2, -0.15) is 0 Å². The third kappa shape index (κ3) is 1.72. The van der Waals surface area contributed by atoms with Crippen LogP contribution in [-0.4, -0.2) is 6.04 Å². The van der Waals surface area contributed by atoms with Gasteiger partial charge < -0.3 is 5.73 Å². The molecule has 1 nitrogen and oxygen atoms in total. The lowest BCUT2D eigenvalue weighted by Crippen LogP contribution is -2.23. The molecule has 0 saturated heterocycles. The monoisotopic (exact) mass is 211 g/mol. The number of rotatable bonds is 1. The van der Waals surface area contributed by atoms with Crippen LogP contribution in [-0.2, 0) is 0 Å². The summed E-state index contributed by atoms with van der Waals surface area (Å²) in [5.74, 6) is 0. The Morgan fingerprint density at radius 1 is 1.12 bits per heavy atom. The van der Waals surface area contributed by atoms with Gasteiger partial charge in [0.25, 0.3) is 0 Å². The Labute approximate surface area is 96.7 Å². The van der Waals surface area contributed by atoms with Crippen molar-refractivity contribution in [2.24, 2.45) is 5.73 Å². The average Bonchev–Trinajstić information content (AvgIpc) is 2.73. The molecule has 0 spiro atoms. The lowest BCUT2D eigenvalue weighted by Gasteiger charge is -2.19. The average molecular weight is 211 g/mol. The normalized spacial score (nSPS) is 24.3. The molecule has 2 aliphatic rings. The molecule has 1 heteroatoms. The van der Waals surface area contributed by atoms with E-state index in [9.17, 15) is 0 Å². The van der Waals surface area contributed by atoms with E-state index >= 15 is 0 Å². The predicted molar refractivity (Wildman–Crippen MR) is 67.9 cm³/mol. The first-order chi connectivity index (χ1) is 7.83. The second-order valence-electron chi connectivity index (χ2n) is 4.84. The summed E-state index contributed by atoms with van der Waals surface area (Å²) >= 11 is 0. The second-order valence-corrected chi connectivity index (χ2v) is 4.84. The van der Waals surface area contributed by atoms with Gasteiger partial charge in [-0.25, -0.2) is 0 Å². The van der Waals surface area contributed by atoms with E-state index < -0.39 is 0 Å². The van der Waals surface area contributed by atoms with Crippen LogP contribution in [0.15, 0.2) is 47.6 Å². The van der Waals surface area contributed by atoms with E-state index in [1.165, 1.54) is 23.1 Å². The molecule has 1 atom stereocenters. The molecule has 0 radical (unpaired) electrons. The fourth-order valence-corrected chi connectivity index (χ4v) is 2.74. The maximum atomic E-state index is 6.01. The van der Waals surface area contributed by atoms with E-state index in [1.807, 2.05) is 0 Å². The van der Waals surface area contributed by atoms with E-state index in [0.29, 0.717) is 6.04 Å². The Hall–Kier alpha value is -1.34. The van der Waals surface area contributed by atoms with Gasteiger partial charge in [-0.15, -0.1) is 0 Å². The molecule has 1 aromatic rings. The highest BCUT2D eigenvalue weighted by molar-refractivity contribution is 5.74. The van der Waals surface area contributed by atoms with E-state index in [1.54, 1.807) is 5.57 Å². The first-order valence-corrected chi connectivity index (χ1v) is 6.05. The fraction of sp³-hybridized carbons (Fsp3) is 0.333. The molecule has 0 fully saturated rings. The molecule has 0 saturated carbocycles. The molecular formula is C15H17N. The summed E-state index contributed by atoms with van der Waals surface area (Å²) in [7, 11) is 0. The Kier molecular flexibility index (Phi) is 2.41. The summed E-state index contributed by atoms with van der Waals surface area (Å²) in [6.45, 7) is 0. The van der Waals surface area contributed by atoms with Crippen molar-refractivity contribution in [3.63, 3.8) is 0 Å². The van der Waals surface area contributed by atoms with E-state index in [-0.39, 0.29) is 0 Å². The molecule has 3 rings (SSSR count). The number of allylic oxidation sites excluding steroid dienone is 3. The molecular weight excluding hydrogens is 194 g/mol. The van der Waals surface area contributed by atoms with Crippen molar-refractivity contribution in [3.05, 3.63) is 53.1 Å². The van der Waals surface area contributed by atoms with Crippen LogP contribution in [0.3, 0.4) is 0 Å². The molecule has 2 aliphatic carbocycles. The third-order valence-corrected chi connectivity index (χ3v) is 3.65. The van der Waals surface area contributed by atoms with Crippen LogP contribution in [0, 0.1) is 0 Å². The third-order valence-electron chi connectivity index (χ3n) is 3.65. The summed E-state index contributed by atoms with van der Waals surface area (Å²) < 4.78 is 0. The van der Waals surface area contributed by atoms with E-state index in [2.05, 4.69) is 36.4 Å². The van der Waals surface area contributed by atoms with Gasteiger partial charge in [-0.3, -0.25) is 0 Å². The molecule has 0 heterocycles. The lowest BCUT2D eigenvalue weighted by molar-refractivity contribution is 0.576. The largest absolute Gasteiger partial charge is 0.327 e. The van der Waals surface area contributed by atoms with Gasteiger partial charge in [0, 0.05) is 6.04 Å². The molecule has 0 aliphatic heterocycles. The summed E-state index contributed by atoms with van der Waals surface area (Å²) in [4.78, 5) is 0. The van der Waals surface area contributed by atoms with Crippen LogP contribution in [0.2, 0.25) is 0 Å². The Morgan fingerprint density at radius 3 is 2.75 bits per heavy atom. The van der Waals surface area contributed by atoms with Crippen LogP contribution in [0.5, 0.6) is 0 Å². The summed E-state index contributed by atoms with van der Waals surface area (Å²) in [6, 6.07) is 11.1. The van der Waals surface area contributed by atoms with Crippen molar-refractivity contribution in [1.82, 2.24) is 0 Å². The quantitative estimate of drug-likeness (QED) is 0.758. The highest BCUT2D eigenvalue weighted by atomic mass is 14.6. The first kappa shape index (κ1) is 9.86. The highest BCUT2D eigenvalue weighted by Crippen LogP contribution is 2.39. The molecule has 1 aromatic carbocycles. The van der Waals surface area contributed by atoms with Crippen molar-refractivity contribution < 1.29 is 0 Å². The summed E-state index contributed by atoms with van der Waals surface area (Å²) in [5.41, 5.74) is 12.0. The first-order valence-electron chi connectivity index (χ1n) is 6.05. The lowest BCUT2D eigenvalue weighted by atomic mass is 9.90. The Balaban J connectivity index is 1.86. The number of nitrogens with two attached hydrogens (primary N) is 1. The molecule has 82 valence electrons. The van der Waals surface area contributed by atoms with Gasteiger partial charge in [0.1, 0.15) is 0 Å². The SMILES string of the molecule is NC1CCC2=C(C=C(c3ccccc3)C2)C1. The number of benzene rings is 1. The maximum Gasteiger partial charge on any atom is 0.00823 e. The zero-order valence-corrected chi connectivity index (χ0v) is 9.45. The van der Waals surface area contributed by atoms with Gasteiger partial charge in [-0.05, 0) is 42.4 Å². The molecule has 1 unspecified atom stereocenters. The molecule has 0 amide bonds. The molecule has 2 N–H and O–H groups in total. The van der Waals surface area contributed by atoms with Crippen molar-refractivity contribution in [3.8, 4) is 0 Å².